The molecule has 2 aliphatic rings. The van der Waals surface area contributed by atoms with Crippen LogP contribution in [0.4, 0.5) is 5.82 Å². The first-order chi connectivity index (χ1) is 13.6. The van der Waals surface area contributed by atoms with Crippen LogP contribution in [0.25, 0.3) is 0 Å². The van der Waals surface area contributed by atoms with E-state index in [-0.39, 0.29) is 30.2 Å². The molecule has 1 aliphatic heterocycles. The Morgan fingerprint density at radius 3 is 2.69 bits per heavy atom. The summed E-state index contributed by atoms with van der Waals surface area (Å²) in [6.07, 6.45) is 7.70. The van der Waals surface area contributed by atoms with Crippen molar-refractivity contribution in [2.24, 2.45) is 17.4 Å². The molecule has 1 fully saturated rings. The van der Waals surface area contributed by atoms with Crippen LogP contribution in [-0.4, -0.2) is 52.0 Å². The Hall–Kier alpha value is -1.54. The van der Waals surface area contributed by atoms with Gasteiger partial charge in [0.05, 0.1) is 29.5 Å². The average molecular weight is 404 g/mol. The number of aliphatic hydroxyl groups is 1. The van der Waals surface area contributed by atoms with Crippen molar-refractivity contribution in [1.82, 2.24) is 9.97 Å². The van der Waals surface area contributed by atoms with Gasteiger partial charge in [0, 0.05) is 31.1 Å². The largest absolute Gasteiger partial charge is 0.390 e. The van der Waals surface area contributed by atoms with Gasteiger partial charge in [-0.1, -0.05) is 6.08 Å². The highest BCUT2D eigenvalue weighted by atomic mass is 16.5. The third kappa shape index (κ3) is 5.54. The van der Waals surface area contributed by atoms with Gasteiger partial charge in [0.2, 0.25) is 0 Å². The van der Waals surface area contributed by atoms with E-state index in [1.807, 2.05) is 33.8 Å². The van der Waals surface area contributed by atoms with Gasteiger partial charge in [-0.25, -0.2) is 9.97 Å². The molecule has 29 heavy (non-hydrogen) atoms. The van der Waals surface area contributed by atoms with Crippen molar-refractivity contribution in [2.45, 2.75) is 83.3 Å². The molecule has 4 unspecified atom stereocenters. The Morgan fingerprint density at radius 1 is 1.24 bits per heavy atom. The second-order valence-electron chi connectivity index (χ2n) is 9.29. The summed E-state index contributed by atoms with van der Waals surface area (Å²) in [4.78, 5) is 11.2. The third-order valence-electron chi connectivity index (χ3n) is 6.11. The SMILES string of the molecule is CC(C)OC1C=C(C(N)c2cc(N3CCCC(C(C)(C)O)C3)ncn2)C(N)CC1. The van der Waals surface area contributed by atoms with Gasteiger partial charge in [-0.15, -0.1) is 0 Å². The molecule has 0 saturated carbocycles. The summed E-state index contributed by atoms with van der Waals surface area (Å²) in [5, 5.41) is 10.4. The van der Waals surface area contributed by atoms with Gasteiger partial charge in [0.15, 0.2) is 0 Å². The second kappa shape index (κ2) is 9.08. The number of ether oxygens (including phenoxy) is 1. The zero-order valence-electron chi connectivity index (χ0n) is 18.2. The molecule has 1 saturated heterocycles. The predicted octanol–water partition coefficient (Wildman–Crippen LogP) is 2.30. The quantitative estimate of drug-likeness (QED) is 0.625. The van der Waals surface area contributed by atoms with Crippen LogP contribution in [0.15, 0.2) is 24.0 Å². The van der Waals surface area contributed by atoms with E-state index in [1.54, 1.807) is 6.33 Å². The molecule has 4 atom stereocenters. The summed E-state index contributed by atoms with van der Waals surface area (Å²) in [7, 11) is 0. The molecule has 2 heterocycles. The number of nitrogens with zero attached hydrogens (tertiary/aromatic N) is 3. The summed E-state index contributed by atoms with van der Waals surface area (Å²) >= 11 is 0. The lowest BCUT2D eigenvalue weighted by molar-refractivity contribution is 0.0109. The molecule has 5 N–H and O–H groups in total. The number of aromatic nitrogens is 2. The van der Waals surface area contributed by atoms with E-state index in [1.165, 1.54) is 0 Å². The Bertz CT molecular complexity index is 715. The van der Waals surface area contributed by atoms with Crippen molar-refractivity contribution in [3.05, 3.63) is 29.7 Å². The Kier molecular flexibility index (Phi) is 6.94. The molecule has 0 bridgehead atoms. The number of nitrogens with two attached hydrogens (primary N) is 2. The molecule has 1 aromatic heterocycles. The third-order valence-corrected chi connectivity index (χ3v) is 6.11. The van der Waals surface area contributed by atoms with Crippen LogP contribution in [0.1, 0.15) is 65.1 Å². The zero-order chi connectivity index (χ0) is 21.2. The highest BCUT2D eigenvalue weighted by Crippen LogP contribution is 2.32. The lowest BCUT2D eigenvalue weighted by atomic mass is 9.84. The Labute approximate surface area is 174 Å². The highest BCUT2D eigenvalue weighted by molar-refractivity contribution is 5.42. The van der Waals surface area contributed by atoms with Gasteiger partial charge in [-0.3, -0.25) is 0 Å². The van der Waals surface area contributed by atoms with E-state index >= 15 is 0 Å². The number of hydrogen-bond donors (Lipinski definition) is 3. The minimum atomic E-state index is -0.698. The molecular formula is C22H37N5O2. The standard InChI is InChI=1S/C22H37N5O2/c1-14(2)29-16-7-8-18(23)17(10-16)21(24)19-11-20(26-13-25-19)27-9-5-6-15(12-27)22(3,4)28/h10-11,13-16,18,21,28H,5-9,12,23-24H2,1-4H3. The van der Waals surface area contributed by atoms with Crippen LogP contribution < -0.4 is 16.4 Å². The normalized spacial score (nSPS) is 27.1. The number of hydrogen-bond acceptors (Lipinski definition) is 7. The minimum absolute atomic E-state index is 0.0480. The number of piperidine rings is 1. The molecule has 0 amide bonds. The van der Waals surface area contributed by atoms with Gasteiger partial charge < -0.3 is 26.2 Å². The Morgan fingerprint density at radius 2 is 2.00 bits per heavy atom. The molecule has 162 valence electrons. The predicted molar refractivity (Wildman–Crippen MR) is 115 cm³/mol. The van der Waals surface area contributed by atoms with Crippen LogP contribution in [-0.2, 0) is 4.74 Å². The maximum atomic E-state index is 10.4. The van der Waals surface area contributed by atoms with Crippen LogP contribution in [0.5, 0.6) is 0 Å². The molecule has 1 aromatic rings. The molecule has 0 aromatic carbocycles. The lowest BCUT2D eigenvalue weighted by Crippen LogP contribution is -2.45. The monoisotopic (exact) mass is 403 g/mol. The number of rotatable bonds is 6. The smallest absolute Gasteiger partial charge is 0.132 e. The van der Waals surface area contributed by atoms with E-state index in [4.69, 9.17) is 16.2 Å². The van der Waals surface area contributed by atoms with Gasteiger partial charge in [-0.2, -0.15) is 0 Å². The summed E-state index contributed by atoms with van der Waals surface area (Å²) in [6.45, 7) is 9.55. The molecule has 0 radical (unpaired) electrons. The summed E-state index contributed by atoms with van der Waals surface area (Å²) in [5.74, 6) is 1.08. The second-order valence-corrected chi connectivity index (χ2v) is 9.29. The molecular weight excluding hydrogens is 366 g/mol. The molecule has 3 rings (SSSR count). The first-order valence-electron chi connectivity index (χ1n) is 10.8. The lowest BCUT2D eigenvalue weighted by Gasteiger charge is -2.39. The van der Waals surface area contributed by atoms with E-state index in [0.29, 0.717) is 0 Å². The fourth-order valence-electron chi connectivity index (χ4n) is 4.36. The number of anilines is 1. The molecule has 0 spiro atoms. The van der Waals surface area contributed by atoms with Crippen molar-refractivity contribution in [1.29, 1.82) is 0 Å². The first-order valence-corrected chi connectivity index (χ1v) is 10.8. The van der Waals surface area contributed by atoms with E-state index in [0.717, 1.165) is 55.9 Å². The van der Waals surface area contributed by atoms with Crippen LogP contribution >= 0.6 is 0 Å². The Balaban J connectivity index is 1.78. The zero-order valence-corrected chi connectivity index (χ0v) is 18.2. The van der Waals surface area contributed by atoms with Crippen molar-refractivity contribution in [3.63, 3.8) is 0 Å². The molecule has 7 heteroatoms. The van der Waals surface area contributed by atoms with Gasteiger partial charge in [-0.05, 0) is 59.0 Å². The van der Waals surface area contributed by atoms with E-state index < -0.39 is 5.60 Å². The summed E-state index contributed by atoms with van der Waals surface area (Å²) < 4.78 is 5.97. The van der Waals surface area contributed by atoms with Crippen molar-refractivity contribution >= 4 is 5.82 Å². The minimum Gasteiger partial charge on any atom is -0.390 e. The summed E-state index contributed by atoms with van der Waals surface area (Å²) in [6, 6.07) is 1.52. The highest BCUT2D eigenvalue weighted by Gasteiger charge is 2.32. The maximum Gasteiger partial charge on any atom is 0.132 e. The summed E-state index contributed by atoms with van der Waals surface area (Å²) in [5.41, 5.74) is 14.0. The van der Waals surface area contributed by atoms with Crippen LogP contribution in [0.2, 0.25) is 0 Å². The van der Waals surface area contributed by atoms with Crippen LogP contribution in [0, 0.1) is 5.92 Å². The first kappa shape index (κ1) is 22.2. The maximum absolute atomic E-state index is 10.4. The van der Waals surface area contributed by atoms with Crippen molar-refractivity contribution in [2.75, 3.05) is 18.0 Å². The molecule has 1 aliphatic carbocycles. The van der Waals surface area contributed by atoms with Gasteiger partial charge in [0.1, 0.15) is 12.1 Å². The van der Waals surface area contributed by atoms with Gasteiger partial charge >= 0.3 is 0 Å². The van der Waals surface area contributed by atoms with Gasteiger partial charge in [0.25, 0.3) is 0 Å². The average Bonchev–Trinajstić information content (AvgIpc) is 2.68. The van der Waals surface area contributed by atoms with Crippen LogP contribution in [0.3, 0.4) is 0 Å². The fraction of sp³-hybridized carbons (Fsp3) is 0.727. The van der Waals surface area contributed by atoms with E-state index in [2.05, 4.69) is 20.9 Å². The van der Waals surface area contributed by atoms with E-state index in [9.17, 15) is 5.11 Å². The van der Waals surface area contributed by atoms with Crippen molar-refractivity contribution < 1.29 is 9.84 Å². The fourth-order valence-corrected chi connectivity index (χ4v) is 4.36. The molecule has 7 nitrogen and oxygen atoms in total. The topological polar surface area (TPSA) is 111 Å². The van der Waals surface area contributed by atoms with Crippen molar-refractivity contribution in [3.8, 4) is 0 Å².